The van der Waals surface area contributed by atoms with Gasteiger partial charge in [0.2, 0.25) is 0 Å². The van der Waals surface area contributed by atoms with E-state index in [0.717, 1.165) is 12.0 Å². The molecule has 8 nitrogen and oxygen atoms in total. The van der Waals surface area contributed by atoms with Crippen LogP contribution in [0, 0.1) is 21.4 Å². The van der Waals surface area contributed by atoms with E-state index in [4.69, 9.17) is 5.26 Å². The van der Waals surface area contributed by atoms with E-state index in [2.05, 4.69) is 15.4 Å². The van der Waals surface area contributed by atoms with E-state index < -0.39 is 4.92 Å². The molecule has 1 heterocycles. The van der Waals surface area contributed by atoms with Crippen molar-refractivity contribution in [3.05, 3.63) is 46.0 Å². The van der Waals surface area contributed by atoms with E-state index in [1.165, 1.54) is 17.1 Å². The van der Waals surface area contributed by atoms with Gasteiger partial charge in [-0.2, -0.15) is 5.26 Å². The molecule has 0 saturated heterocycles. The number of anilines is 1. The fourth-order valence-corrected chi connectivity index (χ4v) is 1.84. The molecule has 0 aliphatic carbocycles. The lowest BCUT2D eigenvalue weighted by Gasteiger charge is -2.07. The number of nitriles is 1. The Kier molecular flexibility index (Phi) is 4.46. The summed E-state index contributed by atoms with van der Waals surface area (Å²) in [5.41, 5.74) is 1.25. The number of benzene rings is 1. The monoisotopic (exact) mass is 286 g/mol. The number of hydrogen-bond acceptors (Lipinski definition) is 6. The van der Waals surface area contributed by atoms with Gasteiger partial charge in [-0.25, -0.2) is 9.67 Å². The van der Waals surface area contributed by atoms with Crippen LogP contribution in [0.4, 0.5) is 11.4 Å². The van der Waals surface area contributed by atoms with E-state index >= 15 is 0 Å². The van der Waals surface area contributed by atoms with Crippen molar-refractivity contribution in [2.24, 2.45) is 0 Å². The Bertz CT molecular complexity index is 688. The number of nitrogens with one attached hydrogen (secondary N) is 1. The summed E-state index contributed by atoms with van der Waals surface area (Å²) < 4.78 is 1.47. The third-order valence-electron chi connectivity index (χ3n) is 2.81. The Morgan fingerprint density at radius 1 is 1.52 bits per heavy atom. The van der Waals surface area contributed by atoms with Crippen LogP contribution in [0.3, 0.4) is 0 Å². The molecule has 0 radical (unpaired) electrons. The molecule has 0 aliphatic rings. The Morgan fingerprint density at radius 3 is 2.95 bits per heavy atom. The molecule has 0 saturated carbocycles. The predicted octanol–water partition coefficient (Wildman–Crippen LogP) is 1.93. The average molecular weight is 286 g/mol. The number of aromatic nitrogens is 3. The normalized spacial score (nSPS) is 10.1. The fourth-order valence-electron chi connectivity index (χ4n) is 1.84. The van der Waals surface area contributed by atoms with E-state index in [1.807, 2.05) is 13.0 Å². The van der Waals surface area contributed by atoms with Crippen molar-refractivity contribution in [3.8, 4) is 6.07 Å². The molecule has 0 bridgehead atoms. The minimum absolute atomic E-state index is 0.0292. The zero-order valence-electron chi connectivity index (χ0n) is 11.5. The molecule has 0 atom stereocenters. The first-order chi connectivity index (χ1) is 10.1. The standard InChI is InChI=1S/C13H14N6O2/c1-2-5-15-11-4-3-10(6-12(11)19(20)21)8-18-9-16-13(7-14)17-18/h3-4,6,9,15H,2,5,8H2,1H3. The van der Waals surface area contributed by atoms with Gasteiger partial charge in [-0.1, -0.05) is 13.0 Å². The Hall–Kier alpha value is -2.95. The smallest absolute Gasteiger partial charge is 0.292 e. The van der Waals surface area contributed by atoms with Crippen molar-refractivity contribution in [2.45, 2.75) is 19.9 Å². The Labute approximate surface area is 121 Å². The molecule has 0 spiro atoms. The molecule has 0 amide bonds. The lowest BCUT2D eigenvalue weighted by Crippen LogP contribution is -2.05. The number of nitro benzene ring substituents is 1. The van der Waals surface area contributed by atoms with Gasteiger partial charge in [0.1, 0.15) is 18.1 Å². The molecule has 0 unspecified atom stereocenters. The molecular weight excluding hydrogens is 272 g/mol. The van der Waals surface area contributed by atoms with E-state index in [-0.39, 0.29) is 11.5 Å². The molecule has 0 fully saturated rings. The second-order valence-corrected chi connectivity index (χ2v) is 4.41. The molecule has 1 aromatic heterocycles. The first-order valence-electron chi connectivity index (χ1n) is 6.44. The highest BCUT2D eigenvalue weighted by Gasteiger charge is 2.14. The third kappa shape index (κ3) is 3.54. The van der Waals surface area contributed by atoms with Crippen LogP contribution in [0.25, 0.3) is 0 Å². The molecule has 2 aromatic rings. The zero-order valence-corrected chi connectivity index (χ0v) is 11.5. The van der Waals surface area contributed by atoms with Crippen molar-refractivity contribution < 1.29 is 4.92 Å². The van der Waals surface area contributed by atoms with Crippen LogP contribution in [0.2, 0.25) is 0 Å². The molecule has 108 valence electrons. The van der Waals surface area contributed by atoms with Gasteiger partial charge in [-0.05, 0) is 18.1 Å². The molecular formula is C13H14N6O2. The van der Waals surface area contributed by atoms with Crippen LogP contribution >= 0.6 is 0 Å². The summed E-state index contributed by atoms with van der Waals surface area (Å²) in [7, 11) is 0. The van der Waals surface area contributed by atoms with Crippen molar-refractivity contribution >= 4 is 11.4 Å². The highest BCUT2D eigenvalue weighted by Crippen LogP contribution is 2.25. The van der Waals surface area contributed by atoms with Crippen LogP contribution in [0.15, 0.2) is 24.5 Å². The van der Waals surface area contributed by atoms with Gasteiger partial charge in [-0.3, -0.25) is 10.1 Å². The minimum Gasteiger partial charge on any atom is -0.380 e. The van der Waals surface area contributed by atoms with Crippen LogP contribution in [-0.2, 0) is 6.54 Å². The van der Waals surface area contributed by atoms with Gasteiger partial charge in [0.05, 0.1) is 11.5 Å². The highest BCUT2D eigenvalue weighted by atomic mass is 16.6. The van der Waals surface area contributed by atoms with Crippen LogP contribution in [0.1, 0.15) is 24.7 Å². The van der Waals surface area contributed by atoms with Gasteiger partial charge in [0, 0.05) is 12.6 Å². The lowest BCUT2D eigenvalue weighted by atomic mass is 10.1. The Balaban J connectivity index is 2.23. The largest absolute Gasteiger partial charge is 0.380 e. The van der Waals surface area contributed by atoms with Crippen molar-refractivity contribution in [1.29, 1.82) is 5.26 Å². The summed E-state index contributed by atoms with van der Waals surface area (Å²) in [6.07, 6.45) is 2.31. The summed E-state index contributed by atoms with van der Waals surface area (Å²) in [5.74, 6) is 0.0748. The van der Waals surface area contributed by atoms with Gasteiger partial charge >= 0.3 is 0 Å². The summed E-state index contributed by atoms with van der Waals surface area (Å²) in [6, 6.07) is 6.82. The van der Waals surface area contributed by atoms with Crippen LogP contribution < -0.4 is 5.32 Å². The molecule has 0 aliphatic heterocycles. The fraction of sp³-hybridized carbons (Fsp3) is 0.308. The van der Waals surface area contributed by atoms with Gasteiger partial charge in [-0.15, -0.1) is 5.10 Å². The maximum absolute atomic E-state index is 11.1. The summed E-state index contributed by atoms with van der Waals surface area (Å²) in [5, 5.41) is 26.8. The number of hydrogen-bond donors (Lipinski definition) is 1. The lowest BCUT2D eigenvalue weighted by molar-refractivity contribution is -0.384. The average Bonchev–Trinajstić information content (AvgIpc) is 2.93. The van der Waals surface area contributed by atoms with E-state index in [9.17, 15) is 10.1 Å². The molecule has 1 N–H and O–H groups in total. The maximum atomic E-state index is 11.1. The van der Waals surface area contributed by atoms with Gasteiger partial charge in [0.15, 0.2) is 0 Å². The summed E-state index contributed by atoms with van der Waals surface area (Å²) in [4.78, 5) is 14.5. The molecule has 8 heteroatoms. The SMILES string of the molecule is CCCNc1ccc(Cn2cnc(C#N)n2)cc1[N+](=O)[O-]. The van der Waals surface area contributed by atoms with Crippen LogP contribution in [-0.4, -0.2) is 26.2 Å². The summed E-state index contributed by atoms with van der Waals surface area (Å²) in [6.45, 7) is 2.99. The predicted molar refractivity (Wildman–Crippen MR) is 75.7 cm³/mol. The van der Waals surface area contributed by atoms with Gasteiger partial charge in [0.25, 0.3) is 11.5 Å². The molecule has 2 rings (SSSR count). The van der Waals surface area contributed by atoms with E-state index in [0.29, 0.717) is 18.8 Å². The zero-order chi connectivity index (χ0) is 15.2. The van der Waals surface area contributed by atoms with Gasteiger partial charge < -0.3 is 5.32 Å². The minimum atomic E-state index is -0.413. The van der Waals surface area contributed by atoms with E-state index in [1.54, 1.807) is 12.1 Å². The number of rotatable bonds is 6. The van der Waals surface area contributed by atoms with Crippen molar-refractivity contribution in [1.82, 2.24) is 14.8 Å². The van der Waals surface area contributed by atoms with Crippen molar-refractivity contribution in [3.63, 3.8) is 0 Å². The number of nitrogens with zero attached hydrogens (tertiary/aromatic N) is 5. The quantitative estimate of drug-likeness (QED) is 0.641. The maximum Gasteiger partial charge on any atom is 0.292 e. The number of nitro groups is 1. The van der Waals surface area contributed by atoms with Crippen LogP contribution in [0.5, 0.6) is 0 Å². The first-order valence-corrected chi connectivity index (χ1v) is 6.44. The highest BCUT2D eigenvalue weighted by molar-refractivity contribution is 5.62. The second kappa shape index (κ2) is 6.47. The molecule has 1 aromatic carbocycles. The first kappa shape index (κ1) is 14.5. The second-order valence-electron chi connectivity index (χ2n) is 4.41. The summed E-state index contributed by atoms with van der Waals surface area (Å²) >= 11 is 0. The van der Waals surface area contributed by atoms with Crippen molar-refractivity contribution in [2.75, 3.05) is 11.9 Å². The topological polar surface area (TPSA) is 110 Å². The molecule has 21 heavy (non-hydrogen) atoms. The Morgan fingerprint density at radius 2 is 2.33 bits per heavy atom. The third-order valence-corrected chi connectivity index (χ3v) is 2.81.